The topological polar surface area (TPSA) is 112 Å². The molecule has 8 nitrogen and oxygen atoms in total. The molecule has 4 N–H and O–H groups in total. The highest BCUT2D eigenvalue weighted by molar-refractivity contribution is 5.68. The number of aliphatic hydroxyl groups is 1. The fourth-order valence-electron chi connectivity index (χ4n) is 3.73. The zero-order chi connectivity index (χ0) is 21.9. The molecule has 1 aliphatic carbocycles. The Morgan fingerprint density at radius 1 is 1.24 bits per heavy atom. The van der Waals surface area contributed by atoms with Crippen LogP contribution in [0.15, 0.2) is 0 Å². The normalized spacial score (nSPS) is 20.0. The van der Waals surface area contributed by atoms with E-state index in [-0.39, 0.29) is 0 Å². The first-order valence-corrected chi connectivity index (χ1v) is 10.9. The van der Waals surface area contributed by atoms with Crippen molar-refractivity contribution in [2.75, 3.05) is 20.3 Å². The predicted molar refractivity (Wildman–Crippen MR) is 111 cm³/mol. The van der Waals surface area contributed by atoms with Gasteiger partial charge in [-0.15, -0.1) is 0 Å². The summed E-state index contributed by atoms with van der Waals surface area (Å²) in [7, 11) is 1.48. The molecule has 8 heteroatoms. The number of nitrogens with two attached hydrogens (primary N) is 1. The van der Waals surface area contributed by atoms with Crippen molar-refractivity contribution in [3.05, 3.63) is 0 Å². The Labute approximate surface area is 175 Å². The summed E-state index contributed by atoms with van der Waals surface area (Å²) in [6.07, 6.45) is 4.70. The number of rotatable bonds is 12. The minimum absolute atomic E-state index is 0.301. The molecule has 29 heavy (non-hydrogen) atoms. The lowest BCUT2D eigenvalue weighted by Gasteiger charge is -2.36. The lowest BCUT2D eigenvalue weighted by Crippen LogP contribution is -2.53. The number of nitrogens with one attached hydrogen (secondary N) is 1. The Kier molecular flexibility index (Phi) is 12.1. The van der Waals surface area contributed by atoms with Gasteiger partial charge in [-0.1, -0.05) is 32.1 Å². The summed E-state index contributed by atoms with van der Waals surface area (Å²) in [5.74, 6) is 0.452. The largest absolute Gasteiger partial charge is 0.444 e. The van der Waals surface area contributed by atoms with Gasteiger partial charge >= 0.3 is 6.09 Å². The van der Waals surface area contributed by atoms with Crippen LogP contribution in [0, 0.1) is 5.92 Å². The lowest BCUT2D eigenvalue weighted by atomic mass is 9.83. The van der Waals surface area contributed by atoms with E-state index in [1.165, 1.54) is 26.4 Å². The number of amides is 1. The quantitative estimate of drug-likeness (QED) is 0.418. The summed E-state index contributed by atoms with van der Waals surface area (Å²) in [6, 6.07) is -0.451. The minimum atomic E-state index is -0.938. The van der Waals surface area contributed by atoms with Crippen LogP contribution in [0.3, 0.4) is 0 Å². The fraction of sp³-hybridized carbons (Fsp3) is 0.952. The van der Waals surface area contributed by atoms with Crippen molar-refractivity contribution in [2.45, 2.75) is 103 Å². The molecule has 0 heterocycles. The van der Waals surface area contributed by atoms with Crippen LogP contribution in [0.1, 0.15) is 72.6 Å². The first-order valence-electron chi connectivity index (χ1n) is 10.9. The number of carbonyl (C=O) groups excluding carboxylic acids is 1. The molecule has 0 aromatic heterocycles. The Morgan fingerprint density at radius 3 is 2.41 bits per heavy atom. The maximum absolute atomic E-state index is 12.5. The van der Waals surface area contributed by atoms with Crippen LogP contribution in [0.25, 0.3) is 0 Å². The van der Waals surface area contributed by atoms with Crippen LogP contribution in [-0.4, -0.2) is 61.8 Å². The van der Waals surface area contributed by atoms with E-state index >= 15 is 0 Å². The van der Waals surface area contributed by atoms with Crippen LogP contribution >= 0.6 is 0 Å². The van der Waals surface area contributed by atoms with Gasteiger partial charge in [0.05, 0.1) is 12.1 Å². The van der Waals surface area contributed by atoms with E-state index in [1.54, 1.807) is 0 Å². The molecule has 0 spiro atoms. The molecule has 0 aliphatic heterocycles. The van der Waals surface area contributed by atoms with Gasteiger partial charge in [0.2, 0.25) is 0 Å². The SMILES string of the molecule is CCOC(OC)O[C@@H]([C@H](O)CCN)[C@H](CC1CCCCC1)NC(=O)OC(C)(C)C. The Morgan fingerprint density at radius 2 is 1.90 bits per heavy atom. The molecule has 4 atom stereocenters. The predicted octanol–water partition coefficient (Wildman–Crippen LogP) is 2.91. The molecule has 1 unspecified atom stereocenters. The minimum Gasteiger partial charge on any atom is -0.444 e. The van der Waals surface area contributed by atoms with Gasteiger partial charge in [-0.05, 0) is 53.0 Å². The molecule has 0 bridgehead atoms. The molecule has 1 saturated carbocycles. The molecular weight excluding hydrogens is 376 g/mol. The van der Waals surface area contributed by atoms with Crippen LogP contribution < -0.4 is 11.1 Å². The van der Waals surface area contributed by atoms with Crippen LogP contribution in [0.4, 0.5) is 4.79 Å². The Bertz CT molecular complexity index is 451. The molecule has 1 aliphatic rings. The van der Waals surface area contributed by atoms with Crippen LogP contribution in [0.5, 0.6) is 0 Å². The Hall–Kier alpha value is -0.930. The Balaban J connectivity index is 3.01. The lowest BCUT2D eigenvalue weighted by molar-refractivity contribution is -0.306. The van der Waals surface area contributed by atoms with Gasteiger partial charge in [-0.2, -0.15) is 0 Å². The summed E-state index contributed by atoms with van der Waals surface area (Å²) in [5.41, 5.74) is 5.05. The molecule has 0 saturated heterocycles. The second-order valence-electron chi connectivity index (χ2n) is 8.72. The standard InChI is InChI=1S/C21H42N2O6/c1-6-27-20(26-5)28-18(17(24)12-13-22)16(14-15-10-8-7-9-11-15)23-19(25)29-21(2,3)4/h15-18,20,24H,6-14,22H2,1-5H3,(H,23,25)/t16-,17+,18+,20?/m0/s1. The van der Waals surface area contributed by atoms with Crippen molar-refractivity contribution in [1.82, 2.24) is 5.32 Å². The number of ether oxygens (including phenoxy) is 4. The number of methoxy groups -OCH3 is 1. The summed E-state index contributed by atoms with van der Waals surface area (Å²) >= 11 is 0. The van der Waals surface area contributed by atoms with E-state index in [4.69, 9.17) is 24.7 Å². The summed E-state index contributed by atoms with van der Waals surface area (Å²) < 4.78 is 22.1. The first kappa shape index (κ1) is 26.1. The van der Waals surface area contributed by atoms with E-state index in [1.807, 2.05) is 27.7 Å². The molecule has 1 fully saturated rings. The average molecular weight is 419 g/mol. The highest BCUT2D eigenvalue weighted by Gasteiger charge is 2.35. The number of aliphatic hydroxyl groups excluding tert-OH is 1. The van der Waals surface area contributed by atoms with Crippen LogP contribution in [0.2, 0.25) is 0 Å². The van der Waals surface area contributed by atoms with Gasteiger partial charge in [-0.3, -0.25) is 0 Å². The summed E-state index contributed by atoms with van der Waals surface area (Å²) in [4.78, 5) is 12.5. The zero-order valence-corrected chi connectivity index (χ0v) is 18.8. The maximum atomic E-state index is 12.5. The van der Waals surface area contributed by atoms with E-state index in [9.17, 15) is 9.90 Å². The van der Waals surface area contributed by atoms with E-state index < -0.39 is 36.4 Å². The van der Waals surface area contributed by atoms with Gasteiger partial charge in [0.15, 0.2) is 0 Å². The molecule has 1 rings (SSSR count). The highest BCUT2D eigenvalue weighted by atomic mass is 16.8. The monoisotopic (exact) mass is 418 g/mol. The van der Waals surface area contributed by atoms with Gasteiger partial charge in [-0.25, -0.2) is 4.79 Å². The molecular formula is C21H42N2O6. The van der Waals surface area contributed by atoms with Crippen molar-refractivity contribution in [3.63, 3.8) is 0 Å². The number of carbonyl (C=O) groups is 1. The fourth-order valence-corrected chi connectivity index (χ4v) is 3.73. The van der Waals surface area contributed by atoms with E-state index in [0.29, 0.717) is 31.9 Å². The van der Waals surface area contributed by atoms with Crippen molar-refractivity contribution in [2.24, 2.45) is 11.7 Å². The number of alkyl carbamates (subject to hydrolysis) is 1. The summed E-state index contributed by atoms with van der Waals surface area (Å²) in [5, 5.41) is 13.7. The van der Waals surface area contributed by atoms with E-state index in [2.05, 4.69) is 5.32 Å². The van der Waals surface area contributed by atoms with E-state index in [0.717, 1.165) is 12.8 Å². The molecule has 1 amide bonds. The highest BCUT2D eigenvalue weighted by Crippen LogP contribution is 2.29. The summed E-state index contributed by atoms with van der Waals surface area (Å²) in [6.45, 7) is 7.04. The first-order chi connectivity index (χ1) is 13.7. The van der Waals surface area contributed by atoms with Gasteiger partial charge in [0.1, 0.15) is 11.7 Å². The maximum Gasteiger partial charge on any atom is 0.407 e. The van der Waals surface area contributed by atoms with Crippen molar-refractivity contribution in [1.29, 1.82) is 0 Å². The molecule has 0 radical (unpaired) electrons. The number of hydrogen-bond acceptors (Lipinski definition) is 7. The third-order valence-electron chi connectivity index (χ3n) is 5.02. The van der Waals surface area contributed by atoms with Gasteiger partial charge in [0, 0.05) is 13.7 Å². The smallest absolute Gasteiger partial charge is 0.407 e. The molecule has 0 aromatic rings. The van der Waals surface area contributed by atoms with Crippen molar-refractivity contribution in [3.8, 4) is 0 Å². The molecule has 0 aromatic carbocycles. The molecule has 172 valence electrons. The van der Waals surface area contributed by atoms with Crippen LogP contribution in [-0.2, 0) is 18.9 Å². The van der Waals surface area contributed by atoms with Gasteiger partial charge < -0.3 is 35.1 Å². The van der Waals surface area contributed by atoms with Crippen molar-refractivity contribution < 1.29 is 28.8 Å². The number of hydrogen-bond donors (Lipinski definition) is 3. The third kappa shape index (κ3) is 10.6. The van der Waals surface area contributed by atoms with Crippen molar-refractivity contribution >= 4 is 6.09 Å². The second-order valence-corrected chi connectivity index (χ2v) is 8.72. The third-order valence-corrected chi connectivity index (χ3v) is 5.02. The second kappa shape index (κ2) is 13.4. The average Bonchev–Trinajstić information content (AvgIpc) is 2.64. The van der Waals surface area contributed by atoms with Gasteiger partial charge in [0.25, 0.3) is 6.48 Å². The zero-order valence-electron chi connectivity index (χ0n) is 18.8.